The normalized spacial score (nSPS) is 25.5. The van der Waals surface area contributed by atoms with E-state index in [-0.39, 0.29) is 47.3 Å². The second-order valence-corrected chi connectivity index (χ2v) is 12.6. The molecule has 2 aromatic rings. The van der Waals surface area contributed by atoms with Gasteiger partial charge in [0.25, 0.3) is 7.52 Å². The second kappa shape index (κ2) is 12.5. The van der Waals surface area contributed by atoms with Crippen LogP contribution in [0.4, 0.5) is 10.2 Å². The molecule has 39 heavy (non-hydrogen) atoms. The molecular formula is C23H35ClFN6O7P. The van der Waals surface area contributed by atoms with E-state index >= 15 is 4.39 Å². The molecule has 0 aliphatic carbocycles. The maximum absolute atomic E-state index is 15.9. The lowest BCUT2D eigenvalue weighted by atomic mass is 9.82. The number of halogens is 2. The molecule has 6 atom stereocenters. The van der Waals surface area contributed by atoms with Crippen LogP contribution in [0.3, 0.4) is 0 Å². The lowest BCUT2D eigenvalue weighted by molar-refractivity contribution is -0.149. The third-order valence-corrected chi connectivity index (χ3v) is 7.94. The number of alkyl halides is 1. The van der Waals surface area contributed by atoms with Crippen LogP contribution in [0.15, 0.2) is 6.33 Å². The first kappa shape index (κ1) is 31.3. The van der Waals surface area contributed by atoms with E-state index in [9.17, 15) is 19.3 Å². The predicted octanol–water partition coefficient (Wildman–Crippen LogP) is 3.22. The van der Waals surface area contributed by atoms with Gasteiger partial charge in [-0.1, -0.05) is 13.8 Å². The molecule has 1 fully saturated rings. The average Bonchev–Trinajstić information content (AvgIpc) is 3.36. The fourth-order valence-electron chi connectivity index (χ4n) is 4.09. The summed E-state index contributed by atoms with van der Waals surface area (Å²) in [7, 11) is -3.57. The van der Waals surface area contributed by atoms with Crippen molar-refractivity contribution in [2.24, 2.45) is 5.41 Å². The number of amides is 1. The van der Waals surface area contributed by atoms with Crippen molar-refractivity contribution in [3.05, 3.63) is 11.6 Å². The van der Waals surface area contributed by atoms with E-state index in [0.29, 0.717) is 6.42 Å². The van der Waals surface area contributed by atoms with E-state index in [1.807, 2.05) is 6.92 Å². The number of imidazole rings is 1. The number of anilines is 1. The van der Waals surface area contributed by atoms with Gasteiger partial charge in [0.1, 0.15) is 6.04 Å². The molecule has 218 valence electrons. The van der Waals surface area contributed by atoms with E-state index in [2.05, 4.69) is 25.4 Å². The Balaban J connectivity index is 1.81. The number of fused-ring (bicyclic) bond motifs is 1. The highest BCUT2D eigenvalue weighted by Gasteiger charge is 2.55. The highest BCUT2D eigenvalue weighted by molar-refractivity contribution is 7.56. The van der Waals surface area contributed by atoms with Crippen LogP contribution in [0.2, 0.25) is 5.28 Å². The minimum atomic E-state index is -3.57. The van der Waals surface area contributed by atoms with Gasteiger partial charge in [0.15, 0.2) is 29.4 Å². The number of hydrogen-bond acceptors (Lipinski definition) is 10. The molecule has 0 aromatic carbocycles. The molecule has 3 rings (SSSR count). The van der Waals surface area contributed by atoms with Gasteiger partial charge >= 0.3 is 5.97 Å². The first-order valence-electron chi connectivity index (χ1n) is 12.5. The van der Waals surface area contributed by atoms with Crippen molar-refractivity contribution < 1.29 is 37.6 Å². The molecular weight excluding hydrogens is 558 g/mol. The van der Waals surface area contributed by atoms with Gasteiger partial charge in [0, 0.05) is 13.1 Å². The van der Waals surface area contributed by atoms with Gasteiger partial charge < -0.3 is 24.4 Å². The molecule has 16 heteroatoms. The van der Waals surface area contributed by atoms with E-state index in [1.165, 1.54) is 31.4 Å². The Morgan fingerprint density at radius 1 is 1.36 bits per heavy atom. The van der Waals surface area contributed by atoms with Gasteiger partial charge in [-0.15, -0.1) is 0 Å². The van der Waals surface area contributed by atoms with Crippen molar-refractivity contribution in [2.75, 3.05) is 25.2 Å². The number of nitrogens with one attached hydrogen (secondary N) is 2. The van der Waals surface area contributed by atoms with Crippen molar-refractivity contribution in [3.8, 4) is 0 Å². The van der Waals surface area contributed by atoms with Crippen LogP contribution in [0.5, 0.6) is 0 Å². The van der Waals surface area contributed by atoms with Gasteiger partial charge in [-0.2, -0.15) is 9.97 Å². The summed E-state index contributed by atoms with van der Waals surface area (Å²) in [6.45, 7) is 8.49. The van der Waals surface area contributed by atoms with Crippen LogP contribution in [0.25, 0.3) is 11.2 Å². The third kappa shape index (κ3) is 7.11. The standard InChI is InChI=1S/C23H35ClFN6O7P/c1-7-8-15(33)27-18-16-19(29-22(24)28-18)31(11-26-16)20-17(25)23(5,10-32)14(38-20)9-36-39(6,35)30-13(4)21(34)37-12(2)3/h11-14,17,20,32H,7-10H2,1-6H3,(H,30,35)(H,27,28,29,33)/t13-,14+,17?,20+,23-,39?/m0/s1. The van der Waals surface area contributed by atoms with E-state index in [4.69, 9.17) is 25.6 Å². The minimum Gasteiger partial charge on any atom is -0.462 e. The zero-order valence-electron chi connectivity index (χ0n) is 22.7. The largest absolute Gasteiger partial charge is 0.462 e. The van der Waals surface area contributed by atoms with Crippen molar-refractivity contribution in [2.45, 2.75) is 78.1 Å². The molecule has 3 heterocycles. The van der Waals surface area contributed by atoms with Crippen molar-refractivity contribution in [1.82, 2.24) is 24.6 Å². The number of hydrogen-bond donors (Lipinski definition) is 3. The molecule has 2 unspecified atom stereocenters. The van der Waals surface area contributed by atoms with E-state index in [0.717, 1.165) is 0 Å². The molecule has 1 saturated heterocycles. The lowest BCUT2D eigenvalue weighted by Crippen LogP contribution is -2.41. The van der Waals surface area contributed by atoms with Crippen LogP contribution in [0.1, 0.15) is 53.7 Å². The molecule has 0 saturated carbocycles. The zero-order valence-corrected chi connectivity index (χ0v) is 24.3. The van der Waals surface area contributed by atoms with Gasteiger partial charge in [-0.3, -0.25) is 18.7 Å². The Hall–Kier alpha value is -2.22. The number of rotatable bonds is 12. The van der Waals surface area contributed by atoms with E-state index in [1.54, 1.807) is 13.8 Å². The van der Waals surface area contributed by atoms with Crippen molar-refractivity contribution in [3.63, 3.8) is 0 Å². The number of ether oxygens (including phenoxy) is 2. The zero-order chi connectivity index (χ0) is 29.1. The highest BCUT2D eigenvalue weighted by Crippen LogP contribution is 2.48. The summed E-state index contributed by atoms with van der Waals surface area (Å²) < 4.78 is 46.8. The summed E-state index contributed by atoms with van der Waals surface area (Å²) >= 11 is 6.08. The maximum Gasteiger partial charge on any atom is 0.323 e. The van der Waals surface area contributed by atoms with Gasteiger partial charge in [0.2, 0.25) is 11.2 Å². The minimum absolute atomic E-state index is 0.0727. The summed E-state index contributed by atoms with van der Waals surface area (Å²) in [6, 6.07) is -0.924. The molecule has 3 N–H and O–H groups in total. The summed E-state index contributed by atoms with van der Waals surface area (Å²) in [5.41, 5.74) is -1.18. The monoisotopic (exact) mass is 592 g/mol. The van der Waals surface area contributed by atoms with Crippen molar-refractivity contribution in [1.29, 1.82) is 0 Å². The van der Waals surface area contributed by atoms with Crippen LogP contribution >= 0.6 is 19.1 Å². The lowest BCUT2D eigenvalue weighted by Gasteiger charge is -2.30. The molecule has 1 aliphatic heterocycles. The Bertz CT molecular complexity index is 1250. The van der Waals surface area contributed by atoms with Gasteiger partial charge in [-0.05, 0) is 38.8 Å². The topological polar surface area (TPSA) is 167 Å². The smallest absolute Gasteiger partial charge is 0.323 e. The summed E-state index contributed by atoms with van der Waals surface area (Å²) in [5.74, 6) is -0.823. The molecule has 2 aromatic heterocycles. The number of aromatic nitrogens is 4. The molecule has 13 nitrogen and oxygen atoms in total. The number of carbonyl (C=O) groups is 2. The summed E-state index contributed by atoms with van der Waals surface area (Å²) in [5, 5.41) is 15.2. The predicted molar refractivity (Wildman–Crippen MR) is 141 cm³/mol. The first-order valence-corrected chi connectivity index (χ1v) is 15.0. The number of nitrogens with zero attached hydrogens (tertiary/aromatic N) is 4. The third-order valence-electron chi connectivity index (χ3n) is 6.27. The van der Waals surface area contributed by atoms with Gasteiger partial charge in [0.05, 0.1) is 37.2 Å². The quantitative estimate of drug-likeness (QED) is 0.188. The molecule has 1 aliphatic rings. The molecule has 0 radical (unpaired) electrons. The number of esters is 1. The molecule has 1 amide bonds. The van der Waals surface area contributed by atoms with Crippen LogP contribution < -0.4 is 10.4 Å². The molecule has 0 bridgehead atoms. The number of aliphatic hydroxyl groups excluding tert-OH is 1. The Morgan fingerprint density at radius 2 is 2.05 bits per heavy atom. The van der Waals surface area contributed by atoms with E-state index < -0.39 is 50.1 Å². The molecule has 0 spiro atoms. The SMILES string of the molecule is CCCC(=O)Nc1nc(Cl)nc2c1ncn2[C@@H]1O[C@H](COP(C)(=O)N[C@@H](C)C(=O)OC(C)C)[C@](C)(CO)C1F. The fourth-order valence-corrected chi connectivity index (χ4v) is 5.56. The average molecular weight is 593 g/mol. The summed E-state index contributed by atoms with van der Waals surface area (Å²) in [4.78, 5) is 36.6. The fraction of sp³-hybridized carbons (Fsp3) is 0.696. The number of carbonyl (C=O) groups excluding carboxylic acids is 2. The number of aliphatic hydroxyl groups is 1. The maximum atomic E-state index is 15.9. The highest BCUT2D eigenvalue weighted by atomic mass is 35.5. The van der Waals surface area contributed by atoms with Crippen LogP contribution in [-0.4, -0.2) is 80.8 Å². The Morgan fingerprint density at radius 3 is 2.67 bits per heavy atom. The van der Waals surface area contributed by atoms with Crippen LogP contribution in [-0.2, 0) is 28.2 Å². The second-order valence-electron chi connectivity index (χ2n) is 10.0. The van der Waals surface area contributed by atoms with Crippen LogP contribution in [0, 0.1) is 5.41 Å². The van der Waals surface area contributed by atoms with Crippen molar-refractivity contribution >= 4 is 48.0 Å². The Labute approximate surface area is 230 Å². The Kier molecular flexibility index (Phi) is 10.1. The summed E-state index contributed by atoms with van der Waals surface area (Å²) in [6.07, 6.45) is -2.33. The first-order chi connectivity index (χ1) is 18.2. The van der Waals surface area contributed by atoms with Gasteiger partial charge in [-0.25, -0.2) is 14.5 Å².